The van der Waals surface area contributed by atoms with Gasteiger partial charge in [-0.15, -0.1) is 0 Å². The van der Waals surface area contributed by atoms with Gasteiger partial charge in [0.2, 0.25) is 0 Å². The van der Waals surface area contributed by atoms with E-state index in [1.54, 1.807) is 20.8 Å². The maximum Gasteiger partial charge on any atom is 0.501 e. The normalized spacial score (nSPS) is 12.9. The number of hydrogen-bond donors (Lipinski definition) is 2. The first-order chi connectivity index (χ1) is 17.7. The van der Waals surface area contributed by atoms with Gasteiger partial charge in [0.25, 0.3) is 15.7 Å². The Hall–Kier alpha value is -3.25. The van der Waals surface area contributed by atoms with Gasteiger partial charge in [-0.3, -0.25) is 4.79 Å². The fourth-order valence-electron chi connectivity index (χ4n) is 3.86. The molecule has 0 heterocycles. The average molecular weight is 594 g/mol. The van der Waals surface area contributed by atoms with E-state index in [0.717, 1.165) is 18.2 Å². The fraction of sp³-hybridized carbons (Fsp3) is 0.269. The van der Waals surface area contributed by atoms with Crippen LogP contribution in [0.3, 0.4) is 0 Å². The predicted octanol–water partition coefficient (Wildman–Crippen LogP) is 7.88. The number of benzene rings is 3. The predicted molar refractivity (Wildman–Crippen MR) is 135 cm³/mol. The highest BCUT2D eigenvalue weighted by molar-refractivity contribution is 7.92. The number of phenolic OH excluding ortho intramolecular Hbond substituents is 1. The molecule has 0 fully saturated rings. The highest BCUT2D eigenvalue weighted by Gasteiger charge is 2.47. The van der Waals surface area contributed by atoms with Crippen molar-refractivity contribution >= 4 is 33.0 Å². The second-order valence-electron chi connectivity index (χ2n) is 9.69. The molecule has 0 bridgehead atoms. The van der Waals surface area contributed by atoms with E-state index in [1.807, 2.05) is 0 Å². The smallest absolute Gasteiger partial charge is 0.501 e. The monoisotopic (exact) mass is 593 g/mol. The molecule has 3 aromatic carbocycles. The van der Waals surface area contributed by atoms with Gasteiger partial charge in [0.05, 0.1) is 26.7 Å². The van der Waals surface area contributed by atoms with E-state index in [2.05, 4.69) is 5.32 Å². The molecule has 39 heavy (non-hydrogen) atoms. The van der Waals surface area contributed by atoms with Gasteiger partial charge in [-0.1, -0.05) is 44.5 Å². The summed E-state index contributed by atoms with van der Waals surface area (Å²) >= 11 is 5.97. The molecule has 0 spiro atoms. The molecule has 0 radical (unpaired) electrons. The Morgan fingerprint density at radius 2 is 1.56 bits per heavy atom. The number of rotatable bonds is 4. The number of carbonyl (C=O) groups excluding carboxylic acids is 1. The zero-order valence-corrected chi connectivity index (χ0v) is 22.4. The molecule has 0 aromatic heterocycles. The summed E-state index contributed by atoms with van der Waals surface area (Å²) in [6, 6.07) is 7.89. The molecule has 5 nitrogen and oxygen atoms in total. The molecule has 0 saturated heterocycles. The van der Waals surface area contributed by atoms with Crippen molar-refractivity contribution < 1.29 is 44.7 Å². The number of sulfone groups is 1. The molecule has 0 aliphatic carbocycles. The van der Waals surface area contributed by atoms with Crippen LogP contribution in [0, 0.1) is 6.92 Å². The summed E-state index contributed by atoms with van der Waals surface area (Å²) in [5.74, 6) is -1.43. The van der Waals surface area contributed by atoms with E-state index in [0.29, 0.717) is 12.1 Å². The Bertz CT molecular complexity index is 1560. The minimum absolute atomic E-state index is 0.115. The van der Waals surface area contributed by atoms with E-state index in [9.17, 15) is 44.7 Å². The summed E-state index contributed by atoms with van der Waals surface area (Å²) in [6.45, 7) is 6.56. The highest BCUT2D eigenvalue weighted by Crippen LogP contribution is 2.42. The lowest BCUT2D eigenvalue weighted by atomic mass is 9.81. The first-order valence-electron chi connectivity index (χ1n) is 11.1. The molecule has 13 heteroatoms. The van der Waals surface area contributed by atoms with Crippen LogP contribution in [0.15, 0.2) is 53.4 Å². The number of phenols is 1. The van der Waals surface area contributed by atoms with Crippen molar-refractivity contribution in [2.24, 2.45) is 0 Å². The number of nitrogens with one attached hydrogen (secondary N) is 1. The summed E-state index contributed by atoms with van der Waals surface area (Å²) in [7, 11) is -5.70. The number of hydrogen-bond acceptors (Lipinski definition) is 4. The van der Waals surface area contributed by atoms with E-state index >= 15 is 0 Å². The number of aromatic hydroxyl groups is 1. The summed E-state index contributed by atoms with van der Waals surface area (Å²) in [5, 5.41) is 12.8. The summed E-state index contributed by atoms with van der Waals surface area (Å²) in [6.07, 6.45) is -4.63. The minimum Gasteiger partial charge on any atom is -0.507 e. The third-order valence-corrected chi connectivity index (χ3v) is 7.70. The lowest BCUT2D eigenvalue weighted by molar-refractivity contribution is -0.137. The number of halogens is 7. The van der Waals surface area contributed by atoms with E-state index in [1.165, 1.54) is 25.1 Å². The second-order valence-corrected chi connectivity index (χ2v) is 12.0. The van der Waals surface area contributed by atoms with Gasteiger partial charge >= 0.3 is 11.7 Å². The third kappa shape index (κ3) is 6.01. The van der Waals surface area contributed by atoms with Crippen LogP contribution in [0.2, 0.25) is 5.02 Å². The minimum atomic E-state index is -5.70. The van der Waals surface area contributed by atoms with Crippen LogP contribution >= 0.6 is 11.6 Å². The molecular weight excluding hydrogens is 572 g/mol. The largest absolute Gasteiger partial charge is 0.507 e. The Morgan fingerprint density at radius 3 is 2.08 bits per heavy atom. The van der Waals surface area contributed by atoms with Crippen molar-refractivity contribution in [3.8, 4) is 16.9 Å². The fourth-order valence-corrected chi connectivity index (χ4v) is 4.94. The molecule has 0 aliphatic rings. The van der Waals surface area contributed by atoms with E-state index in [-0.39, 0.29) is 33.5 Å². The van der Waals surface area contributed by atoms with Crippen molar-refractivity contribution in [2.75, 3.05) is 5.32 Å². The second kappa shape index (κ2) is 10.1. The van der Waals surface area contributed by atoms with Crippen LogP contribution in [0.5, 0.6) is 5.75 Å². The topological polar surface area (TPSA) is 83.5 Å². The maximum absolute atomic E-state index is 13.4. The summed E-state index contributed by atoms with van der Waals surface area (Å²) in [5.41, 5.74) is -7.12. The number of amides is 1. The molecule has 3 aromatic rings. The van der Waals surface area contributed by atoms with Gasteiger partial charge in [-0.2, -0.15) is 26.3 Å². The Kier molecular flexibility index (Phi) is 7.81. The van der Waals surface area contributed by atoms with Crippen molar-refractivity contribution in [3.63, 3.8) is 0 Å². The number of alkyl halides is 6. The van der Waals surface area contributed by atoms with Crippen molar-refractivity contribution in [1.82, 2.24) is 0 Å². The standard InChI is InChI=1S/C26H22ClF6NO4S/c1-13-17(14-6-5-7-15(10-14)25(28,29)30)12-18(24(2,3)4)22(35)21(13)23(36)34-20-9-8-16(11-19(20)27)39(37,38)26(31,32)33/h5-12,35H,1-4H3,(H,34,36). The van der Waals surface area contributed by atoms with Gasteiger partial charge in [-0.05, 0) is 65.4 Å². The van der Waals surface area contributed by atoms with Gasteiger partial charge < -0.3 is 10.4 Å². The molecule has 0 unspecified atom stereocenters. The van der Waals surface area contributed by atoms with Crippen LogP contribution in [0.1, 0.15) is 47.8 Å². The summed E-state index contributed by atoms with van der Waals surface area (Å²) in [4.78, 5) is 12.2. The zero-order chi connectivity index (χ0) is 29.7. The SMILES string of the molecule is Cc1c(-c2cccc(C(F)(F)F)c2)cc(C(C)(C)C)c(O)c1C(=O)Nc1ccc(S(=O)(=O)C(F)(F)F)cc1Cl. The third-order valence-electron chi connectivity index (χ3n) is 5.90. The number of carbonyl (C=O) groups is 1. The maximum atomic E-state index is 13.4. The Balaban J connectivity index is 2.15. The quantitative estimate of drug-likeness (QED) is 0.301. The molecular formula is C26H22ClF6NO4S. The molecule has 1 amide bonds. The van der Waals surface area contributed by atoms with Crippen LogP contribution in [0.25, 0.3) is 11.1 Å². The lowest BCUT2D eigenvalue weighted by Crippen LogP contribution is -2.23. The summed E-state index contributed by atoms with van der Waals surface area (Å²) < 4.78 is 102. The molecule has 3 rings (SSSR count). The van der Waals surface area contributed by atoms with Gasteiger partial charge in [-0.25, -0.2) is 8.42 Å². The van der Waals surface area contributed by atoms with Crippen LogP contribution in [-0.2, 0) is 21.4 Å². The molecule has 210 valence electrons. The molecule has 0 atom stereocenters. The van der Waals surface area contributed by atoms with Gasteiger partial charge in [0.15, 0.2) is 0 Å². The van der Waals surface area contributed by atoms with E-state index in [4.69, 9.17) is 11.6 Å². The molecule has 0 aliphatic heterocycles. The Morgan fingerprint density at radius 1 is 0.949 bits per heavy atom. The molecule has 0 saturated carbocycles. The van der Waals surface area contributed by atoms with Crippen molar-refractivity contribution in [2.45, 2.75) is 49.7 Å². The van der Waals surface area contributed by atoms with Crippen LogP contribution in [0.4, 0.5) is 32.0 Å². The zero-order valence-electron chi connectivity index (χ0n) is 20.8. The van der Waals surface area contributed by atoms with Crippen LogP contribution < -0.4 is 5.32 Å². The van der Waals surface area contributed by atoms with Gasteiger partial charge in [0, 0.05) is 5.56 Å². The number of anilines is 1. The van der Waals surface area contributed by atoms with E-state index < -0.39 is 54.1 Å². The van der Waals surface area contributed by atoms with Crippen molar-refractivity contribution in [1.29, 1.82) is 0 Å². The lowest BCUT2D eigenvalue weighted by Gasteiger charge is -2.25. The van der Waals surface area contributed by atoms with Crippen molar-refractivity contribution in [3.05, 3.63) is 75.8 Å². The molecule has 2 N–H and O–H groups in total. The first-order valence-corrected chi connectivity index (χ1v) is 13.0. The van der Waals surface area contributed by atoms with Crippen LogP contribution in [-0.4, -0.2) is 24.9 Å². The highest BCUT2D eigenvalue weighted by atomic mass is 35.5. The first kappa shape index (κ1) is 30.3. The van der Waals surface area contributed by atoms with Gasteiger partial charge in [0.1, 0.15) is 5.75 Å². The Labute approximate surface area is 225 Å². The average Bonchev–Trinajstić information content (AvgIpc) is 2.78.